The zero-order chi connectivity index (χ0) is 20.8. The molecule has 3 aromatic rings. The Morgan fingerprint density at radius 1 is 1.10 bits per heavy atom. The van der Waals surface area contributed by atoms with Gasteiger partial charge < -0.3 is 19.6 Å². The number of anilines is 1. The van der Waals surface area contributed by atoms with E-state index >= 15 is 0 Å². The van der Waals surface area contributed by atoms with E-state index in [0.29, 0.717) is 23.0 Å². The molecule has 0 fully saturated rings. The number of carbonyl (C=O) groups excluding carboxylic acids is 1. The summed E-state index contributed by atoms with van der Waals surface area (Å²) in [5.41, 5.74) is 4.72. The lowest BCUT2D eigenvalue weighted by Gasteiger charge is -2.05. The maximum atomic E-state index is 11.9. The van der Waals surface area contributed by atoms with Crippen molar-refractivity contribution in [3.8, 4) is 17.1 Å². The predicted octanol–water partition coefficient (Wildman–Crippen LogP) is 4.12. The average Bonchev–Trinajstić information content (AvgIpc) is 3.17. The highest BCUT2D eigenvalue weighted by Gasteiger charge is 2.10. The first-order chi connectivity index (χ1) is 14.0. The first kappa shape index (κ1) is 19.7. The molecule has 0 saturated heterocycles. The van der Waals surface area contributed by atoms with Gasteiger partial charge in [-0.15, -0.1) is 0 Å². The van der Waals surface area contributed by atoms with E-state index in [1.54, 1.807) is 55.6 Å². The summed E-state index contributed by atoms with van der Waals surface area (Å²) < 4.78 is 10.8. The molecule has 1 heterocycles. The zero-order valence-electron chi connectivity index (χ0n) is 15.8. The first-order valence-corrected chi connectivity index (χ1v) is 8.64. The van der Waals surface area contributed by atoms with Gasteiger partial charge in [0.25, 0.3) is 0 Å². The summed E-state index contributed by atoms with van der Waals surface area (Å²) >= 11 is 0. The smallest absolute Gasteiger partial charge is 0.339 e. The number of hydrogen-bond acceptors (Lipinski definition) is 5. The monoisotopic (exact) mass is 393 g/mol. The number of hydrazone groups is 1. The molecule has 148 valence electrons. The van der Waals surface area contributed by atoms with Gasteiger partial charge in [-0.3, -0.25) is 0 Å². The second kappa shape index (κ2) is 8.75. The van der Waals surface area contributed by atoms with Crippen LogP contribution in [0.25, 0.3) is 11.3 Å². The van der Waals surface area contributed by atoms with E-state index < -0.39 is 12.0 Å². The molecule has 2 amide bonds. The molecule has 3 N–H and O–H groups in total. The minimum atomic E-state index is -0.981. The van der Waals surface area contributed by atoms with Crippen LogP contribution >= 0.6 is 0 Å². The van der Waals surface area contributed by atoms with E-state index in [0.717, 1.165) is 11.1 Å². The number of aromatic carboxylic acids is 1. The van der Waals surface area contributed by atoms with Crippen molar-refractivity contribution >= 4 is 23.9 Å². The van der Waals surface area contributed by atoms with E-state index in [9.17, 15) is 9.59 Å². The number of amides is 2. The Morgan fingerprint density at radius 3 is 2.52 bits per heavy atom. The number of carboxylic acid groups (broad SMARTS) is 1. The number of hydrogen-bond donors (Lipinski definition) is 3. The topological polar surface area (TPSA) is 113 Å². The highest BCUT2D eigenvalue weighted by molar-refractivity contribution is 5.90. The van der Waals surface area contributed by atoms with Crippen molar-refractivity contribution in [2.45, 2.75) is 6.92 Å². The number of urea groups is 1. The van der Waals surface area contributed by atoms with Crippen LogP contribution in [0, 0.1) is 6.92 Å². The maximum Gasteiger partial charge on any atom is 0.339 e. The van der Waals surface area contributed by atoms with Crippen molar-refractivity contribution in [3.05, 3.63) is 71.5 Å². The number of nitrogens with zero attached hydrogens (tertiary/aromatic N) is 1. The first-order valence-electron chi connectivity index (χ1n) is 8.64. The molecule has 8 heteroatoms. The number of nitrogens with one attached hydrogen (secondary N) is 2. The average molecular weight is 393 g/mol. The number of aryl methyl sites for hydroxylation is 1. The third-order valence-corrected chi connectivity index (χ3v) is 4.07. The second-order valence-electron chi connectivity index (χ2n) is 6.09. The third-order valence-electron chi connectivity index (χ3n) is 4.07. The fourth-order valence-electron chi connectivity index (χ4n) is 2.63. The SMILES string of the molecule is COc1ccc(NC(=O)N/N=C/c2ccc(-c3ccc(C(=O)O)cc3C)o2)cc1. The highest BCUT2D eigenvalue weighted by atomic mass is 16.5. The van der Waals surface area contributed by atoms with E-state index in [1.165, 1.54) is 12.3 Å². The molecule has 0 bridgehead atoms. The number of rotatable bonds is 6. The molecule has 0 radical (unpaired) electrons. The Bertz CT molecular complexity index is 1050. The Morgan fingerprint density at radius 2 is 1.86 bits per heavy atom. The molecule has 0 aliphatic rings. The van der Waals surface area contributed by atoms with Crippen molar-refractivity contribution in [2.24, 2.45) is 5.10 Å². The van der Waals surface area contributed by atoms with Gasteiger partial charge >= 0.3 is 12.0 Å². The van der Waals surface area contributed by atoms with Crippen molar-refractivity contribution in [2.75, 3.05) is 12.4 Å². The fourth-order valence-corrected chi connectivity index (χ4v) is 2.63. The van der Waals surface area contributed by atoms with Gasteiger partial charge in [0.2, 0.25) is 0 Å². The molecule has 0 saturated carbocycles. The largest absolute Gasteiger partial charge is 0.497 e. The number of carboxylic acids is 1. The Kier molecular flexibility index (Phi) is 5.94. The van der Waals surface area contributed by atoms with Crippen LogP contribution in [0.2, 0.25) is 0 Å². The molecule has 8 nitrogen and oxygen atoms in total. The summed E-state index contributed by atoms with van der Waals surface area (Å²) in [5.74, 6) is 0.719. The van der Waals surface area contributed by atoms with Crippen LogP contribution in [0.1, 0.15) is 21.7 Å². The summed E-state index contributed by atoms with van der Waals surface area (Å²) in [7, 11) is 1.57. The molecule has 0 spiro atoms. The number of furan rings is 1. The van der Waals surface area contributed by atoms with Crippen LogP contribution in [-0.2, 0) is 0 Å². The minimum Gasteiger partial charge on any atom is -0.497 e. The van der Waals surface area contributed by atoms with Crippen molar-refractivity contribution in [1.82, 2.24) is 5.43 Å². The van der Waals surface area contributed by atoms with Gasteiger partial charge in [0.05, 0.1) is 18.9 Å². The number of carbonyl (C=O) groups is 2. The Hall–Kier alpha value is -4.07. The third kappa shape index (κ3) is 5.01. The van der Waals surface area contributed by atoms with Gasteiger partial charge in [-0.2, -0.15) is 5.10 Å². The van der Waals surface area contributed by atoms with Gasteiger partial charge in [0.1, 0.15) is 17.3 Å². The van der Waals surface area contributed by atoms with Crippen LogP contribution in [0.4, 0.5) is 10.5 Å². The minimum absolute atomic E-state index is 0.215. The Labute approximate surface area is 166 Å². The maximum absolute atomic E-state index is 11.9. The molecule has 0 unspecified atom stereocenters. The van der Waals surface area contributed by atoms with E-state index in [1.807, 2.05) is 6.92 Å². The van der Waals surface area contributed by atoms with Crippen LogP contribution < -0.4 is 15.5 Å². The van der Waals surface area contributed by atoms with Crippen LogP contribution in [0.15, 0.2) is 64.1 Å². The van der Waals surface area contributed by atoms with Gasteiger partial charge in [0, 0.05) is 11.3 Å². The summed E-state index contributed by atoms with van der Waals surface area (Å²) in [6, 6.07) is 14.6. The summed E-state index contributed by atoms with van der Waals surface area (Å²) in [5, 5.41) is 15.5. The number of benzene rings is 2. The fraction of sp³-hybridized carbons (Fsp3) is 0.0952. The van der Waals surface area contributed by atoms with Crippen LogP contribution in [0.3, 0.4) is 0 Å². The van der Waals surface area contributed by atoms with E-state index in [4.69, 9.17) is 14.3 Å². The lowest BCUT2D eigenvalue weighted by Crippen LogP contribution is -2.24. The van der Waals surface area contributed by atoms with Gasteiger partial charge in [-0.05, 0) is 61.0 Å². The highest BCUT2D eigenvalue weighted by Crippen LogP contribution is 2.26. The number of ether oxygens (including phenoxy) is 1. The predicted molar refractivity (Wildman–Crippen MR) is 109 cm³/mol. The Balaban J connectivity index is 1.60. The molecule has 3 rings (SSSR count). The molecule has 29 heavy (non-hydrogen) atoms. The van der Waals surface area contributed by atoms with Gasteiger partial charge in [0.15, 0.2) is 0 Å². The normalized spacial score (nSPS) is 10.7. The van der Waals surface area contributed by atoms with Crippen molar-refractivity contribution in [3.63, 3.8) is 0 Å². The zero-order valence-corrected chi connectivity index (χ0v) is 15.8. The molecule has 2 aromatic carbocycles. The molecule has 0 atom stereocenters. The van der Waals surface area contributed by atoms with Gasteiger partial charge in [-0.25, -0.2) is 15.0 Å². The second-order valence-corrected chi connectivity index (χ2v) is 6.09. The van der Waals surface area contributed by atoms with E-state index in [-0.39, 0.29) is 5.56 Å². The van der Waals surface area contributed by atoms with E-state index in [2.05, 4.69) is 15.8 Å². The molecule has 0 aliphatic carbocycles. The summed E-state index contributed by atoms with van der Waals surface area (Å²) in [4.78, 5) is 22.9. The van der Waals surface area contributed by atoms with Gasteiger partial charge in [-0.1, -0.05) is 6.07 Å². The molecule has 0 aliphatic heterocycles. The standard InChI is InChI=1S/C21H19N3O5/c1-13-11-14(20(25)26)3-9-18(13)19-10-8-17(29-19)12-22-24-21(27)23-15-4-6-16(28-2)7-5-15/h3-12H,1-2H3,(H,25,26)(H2,23,24,27)/b22-12+. The summed E-state index contributed by atoms with van der Waals surface area (Å²) in [6.45, 7) is 1.81. The van der Waals surface area contributed by atoms with Crippen molar-refractivity contribution in [1.29, 1.82) is 0 Å². The quantitative estimate of drug-likeness (QED) is 0.431. The van der Waals surface area contributed by atoms with Crippen molar-refractivity contribution < 1.29 is 23.8 Å². The van der Waals surface area contributed by atoms with Crippen LogP contribution in [0.5, 0.6) is 5.75 Å². The lowest BCUT2D eigenvalue weighted by molar-refractivity contribution is 0.0696. The van der Waals surface area contributed by atoms with Crippen LogP contribution in [-0.4, -0.2) is 30.4 Å². The molecular weight excluding hydrogens is 374 g/mol. The molecule has 1 aromatic heterocycles. The number of methoxy groups -OCH3 is 1. The summed E-state index contributed by atoms with van der Waals surface area (Å²) in [6.07, 6.45) is 1.37. The lowest BCUT2D eigenvalue weighted by atomic mass is 10.0. The molecular formula is C21H19N3O5.